The summed E-state index contributed by atoms with van der Waals surface area (Å²) in [6.45, 7) is 2.63. The molecule has 1 aliphatic heterocycles. The molecule has 1 fully saturated rings. The zero-order valence-electron chi connectivity index (χ0n) is 10.2. The summed E-state index contributed by atoms with van der Waals surface area (Å²) in [5.74, 6) is 0.136. The summed E-state index contributed by atoms with van der Waals surface area (Å²) in [6.07, 6.45) is -0.431. The SMILES string of the molecule is CC1CN(C(=O)c2cccc(N)n2)CC(CO)O1. The largest absolute Gasteiger partial charge is 0.394 e. The molecule has 1 aromatic rings. The fraction of sp³-hybridized carbons (Fsp3) is 0.500. The van der Waals surface area contributed by atoms with Crippen molar-refractivity contribution in [2.24, 2.45) is 0 Å². The lowest BCUT2D eigenvalue weighted by Gasteiger charge is -2.35. The first-order chi connectivity index (χ1) is 8.60. The third-order valence-corrected chi connectivity index (χ3v) is 2.81. The molecule has 1 aliphatic rings. The number of rotatable bonds is 2. The molecular weight excluding hydrogens is 234 g/mol. The Kier molecular flexibility index (Phi) is 3.78. The van der Waals surface area contributed by atoms with Crippen molar-refractivity contribution >= 4 is 11.7 Å². The van der Waals surface area contributed by atoms with Crippen LogP contribution in [-0.4, -0.2) is 52.8 Å². The Morgan fingerprint density at radius 1 is 1.61 bits per heavy atom. The summed E-state index contributed by atoms with van der Waals surface area (Å²) in [4.78, 5) is 17.9. The van der Waals surface area contributed by atoms with Gasteiger partial charge in [-0.25, -0.2) is 4.98 Å². The van der Waals surface area contributed by atoms with E-state index < -0.39 is 0 Å². The van der Waals surface area contributed by atoms with E-state index in [1.807, 2.05) is 6.92 Å². The second-order valence-electron chi connectivity index (χ2n) is 4.41. The maximum atomic E-state index is 12.2. The molecule has 6 heteroatoms. The van der Waals surface area contributed by atoms with Crippen LogP contribution in [0.25, 0.3) is 0 Å². The highest BCUT2D eigenvalue weighted by molar-refractivity contribution is 5.92. The number of anilines is 1. The van der Waals surface area contributed by atoms with Crippen LogP contribution in [0.3, 0.4) is 0 Å². The average Bonchev–Trinajstić information content (AvgIpc) is 2.37. The highest BCUT2D eigenvalue weighted by atomic mass is 16.5. The predicted octanol–water partition coefficient (Wildman–Crippen LogP) is -0.114. The number of aliphatic hydroxyl groups excluding tert-OH is 1. The summed E-state index contributed by atoms with van der Waals surface area (Å²) >= 11 is 0. The van der Waals surface area contributed by atoms with Crippen molar-refractivity contribution in [1.29, 1.82) is 0 Å². The number of nitrogens with two attached hydrogens (primary N) is 1. The number of amides is 1. The van der Waals surface area contributed by atoms with E-state index in [-0.39, 0.29) is 24.7 Å². The number of hydrogen-bond donors (Lipinski definition) is 2. The molecule has 0 radical (unpaired) electrons. The van der Waals surface area contributed by atoms with Crippen LogP contribution >= 0.6 is 0 Å². The van der Waals surface area contributed by atoms with Crippen LogP contribution in [0.2, 0.25) is 0 Å². The van der Waals surface area contributed by atoms with Crippen LogP contribution in [0.5, 0.6) is 0 Å². The minimum atomic E-state index is -0.334. The molecule has 6 nitrogen and oxygen atoms in total. The lowest BCUT2D eigenvalue weighted by molar-refractivity contribution is -0.0859. The number of nitrogen functional groups attached to an aromatic ring is 1. The maximum absolute atomic E-state index is 12.2. The molecule has 0 bridgehead atoms. The third kappa shape index (κ3) is 2.77. The van der Waals surface area contributed by atoms with E-state index in [0.29, 0.717) is 24.6 Å². The Morgan fingerprint density at radius 2 is 2.39 bits per heavy atom. The normalized spacial score (nSPS) is 24.0. The number of pyridine rings is 1. The number of carbonyl (C=O) groups is 1. The van der Waals surface area contributed by atoms with E-state index in [9.17, 15) is 4.79 Å². The van der Waals surface area contributed by atoms with Crippen LogP contribution < -0.4 is 5.73 Å². The minimum Gasteiger partial charge on any atom is -0.394 e. The first-order valence-corrected chi connectivity index (χ1v) is 5.88. The Morgan fingerprint density at radius 3 is 3.06 bits per heavy atom. The van der Waals surface area contributed by atoms with Crippen molar-refractivity contribution in [3.63, 3.8) is 0 Å². The van der Waals surface area contributed by atoms with Gasteiger partial charge in [0.05, 0.1) is 18.8 Å². The topological polar surface area (TPSA) is 88.7 Å². The van der Waals surface area contributed by atoms with Gasteiger partial charge in [-0.1, -0.05) is 6.07 Å². The first kappa shape index (κ1) is 12.8. The van der Waals surface area contributed by atoms with Crippen LogP contribution in [0, 0.1) is 0 Å². The zero-order chi connectivity index (χ0) is 13.1. The molecule has 98 valence electrons. The monoisotopic (exact) mass is 251 g/mol. The highest BCUT2D eigenvalue weighted by Gasteiger charge is 2.29. The molecule has 2 unspecified atom stereocenters. The lowest BCUT2D eigenvalue weighted by Crippen LogP contribution is -2.50. The summed E-state index contributed by atoms with van der Waals surface area (Å²) in [5.41, 5.74) is 5.88. The second kappa shape index (κ2) is 5.32. The van der Waals surface area contributed by atoms with Crippen molar-refractivity contribution in [3.8, 4) is 0 Å². The van der Waals surface area contributed by atoms with E-state index in [2.05, 4.69) is 4.98 Å². The second-order valence-corrected chi connectivity index (χ2v) is 4.41. The molecule has 18 heavy (non-hydrogen) atoms. The number of carbonyl (C=O) groups excluding carboxylic acids is 1. The van der Waals surface area contributed by atoms with Gasteiger partial charge in [0.1, 0.15) is 11.5 Å². The minimum absolute atomic E-state index is 0.0964. The molecule has 3 N–H and O–H groups in total. The smallest absolute Gasteiger partial charge is 0.272 e. The van der Waals surface area contributed by atoms with E-state index in [1.165, 1.54) is 0 Å². The van der Waals surface area contributed by atoms with Gasteiger partial charge in [0.15, 0.2) is 0 Å². The van der Waals surface area contributed by atoms with Crippen molar-refractivity contribution in [2.45, 2.75) is 19.1 Å². The van der Waals surface area contributed by atoms with Gasteiger partial charge in [-0.05, 0) is 19.1 Å². The van der Waals surface area contributed by atoms with E-state index in [4.69, 9.17) is 15.6 Å². The first-order valence-electron chi connectivity index (χ1n) is 5.88. The summed E-state index contributed by atoms with van der Waals surface area (Å²) in [7, 11) is 0. The summed E-state index contributed by atoms with van der Waals surface area (Å²) in [6, 6.07) is 4.96. The van der Waals surface area contributed by atoms with Crippen LogP contribution in [0.15, 0.2) is 18.2 Å². The Hall–Kier alpha value is -1.66. The van der Waals surface area contributed by atoms with Gasteiger partial charge >= 0.3 is 0 Å². The molecule has 0 aliphatic carbocycles. The number of hydrogen-bond acceptors (Lipinski definition) is 5. The van der Waals surface area contributed by atoms with Gasteiger partial charge < -0.3 is 20.5 Å². The number of morpholine rings is 1. The fourth-order valence-corrected chi connectivity index (χ4v) is 2.04. The van der Waals surface area contributed by atoms with Gasteiger partial charge in [0.25, 0.3) is 5.91 Å². The molecule has 0 saturated carbocycles. The number of aliphatic hydroxyl groups is 1. The molecule has 2 heterocycles. The summed E-state index contributed by atoms with van der Waals surface area (Å²) in [5, 5.41) is 9.12. The van der Waals surface area contributed by atoms with Crippen LogP contribution in [0.4, 0.5) is 5.82 Å². The standard InChI is InChI=1S/C12H17N3O3/c1-8-5-15(6-9(7-16)18-8)12(17)10-3-2-4-11(13)14-10/h2-4,8-9,16H,5-7H2,1H3,(H2,13,14). The molecular formula is C12H17N3O3. The molecule has 0 aromatic carbocycles. The number of aromatic nitrogens is 1. The van der Waals surface area contributed by atoms with E-state index >= 15 is 0 Å². The summed E-state index contributed by atoms with van der Waals surface area (Å²) < 4.78 is 5.49. The van der Waals surface area contributed by atoms with Gasteiger partial charge in [0.2, 0.25) is 0 Å². The quantitative estimate of drug-likeness (QED) is 0.765. The van der Waals surface area contributed by atoms with Crippen LogP contribution in [0.1, 0.15) is 17.4 Å². The van der Waals surface area contributed by atoms with Gasteiger partial charge in [-0.15, -0.1) is 0 Å². The molecule has 2 atom stereocenters. The van der Waals surface area contributed by atoms with Crippen molar-refractivity contribution < 1.29 is 14.6 Å². The molecule has 2 rings (SSSR count). The molecule has 1 amide bonds. The zero-order valence-corrected chi connectivity index (χ0v) is 10.2. The fourth-order valence-electron chi connectivity index (χ4n) is 2.04. The number of ether oxygens (including phenoxy) is 1. The highest BCUT2D eigenvalue weighted by Crippen LogP contribution is 2.14. The van der Waals surface area contributed by atoms with Gasteiger partial charge in [0, 0.05) is 13.1 Å². The lowest BCUT2D eigenvalue weighted by atomic mass is 10.2. The maximum Gasteiger partial charge on any atom is 0.272 e. The van der Waals surface area contributed by atoms with Gasteiger partial charge in [-0.3, -0.25) is 4.79 Å². The van der Waals surface area contributed by atoms with Gasteiger partial charge in [-0.2, -0.15) is 0 Å². The van der Waals surface area contributed by atoms with Crippen LogP contribution in [-0.2, 0) is 4.74 Å². The Balaban J connectivity index is 2.13. The van der Waals surface area contributed by atoms with E-state index in [1.54, 1.807) is 23.1 Å². The molecule has 0 spiro atoms. The van der Waals surface area contributed by atoms with Crippen molar-refractivity contribution in [1.82, 2.24) is 9.88 Å². The average molecular weight is 251 g/mol. The Labute approximate surface area is 105 Å². The Bertz CT molecular complexity index is 438. The third-order valence-electron chi connectivity index (χ3n) is 2.81. The van der Waals surface area contributed by atoms with Crippen molar-refractivity contribution in [2.75, 3.05) is 25.4 Å². The predicted molar refractivity (Wildman–Crippen MR) is 66.0 cm³/mol. The van der Waals surface area contributed by atoms with Crippen molar-refractivity contribution in [3.05, 3.63) is 23.9 Å². The molecule has 1 aromatic heterocycles. The molecule has 1 saturated heterocycles. The van der Waals surface area contributed by atoms with E-state index in [0.717, 1.165) is 0 Å². The number of nitrogens with zero attached hydrogens (tertiary/aromatic N) is 2.